The zero-order valence-corrected chi connectivity index (χ0v) is 12.7. The molecule has 7 heteroatoms. The van der Waals surface area contributed by atoms with Gasteiger partial charge in [-0.2, -0.15) is 0 Å². The van der Waals surface area contributed by atoms with Gasteiger partial charge in [-0.1, -0.05) is 0 Å². The molecule has 2 N–H and O–H groups in total. The van der Waals surface area contributed by atoms with E-state index in [2.05, 4.69) is 5.32 Å². The van der Waals surface area contributed by atoms with E-state index < -0.39 is 11.5 Å². The molecule has 0 radical (unpaired) electrons. The molecule has 0 aromatic rings. The quantitative estimate of drug-likeness (QED) is 0.570. The molecule has 2 amide bonds. The maximum absolute atomic E-state index is 12.1. The number of rotatable bonds is 6. The lowest BCUT2D eigenvalue weighted by Gasteiger charge is -2.41. The molecule has 1 saturated heterocycles. The van der Waals surface area contributed by atoms with Crippen LogP contribution < -0.4 is 5.32 Å². The highest BCUT2D eigenvalue weighted by molar-refractivity contribution is 5.86. The predicted molar refractivity (Wildman–Crippen MR) is 75.9 cm³/mol. The summed E-state index contributed by atoms with van der Waals surface area (Å²) in [6, 6.07) is -0.386. The average molecular weight is 300 g/mol. The highest BCUT2D eigenvalue weighted by atomic mass is 16.5. The summed E-state index contributed by atoms with van der Waals surface area (Å²) in [5, 5.41) is 12.0. The van der Waals surface area contributed by atoms with Crippen molar-refractivity contribution in [2.24, 2.45) is 0 Å². The number of hydrogen-bond donors (Lipinski definition) is 2. The minimum atomic E-state index is -1.15. The van der Waals surface area contributed by atoms with Crippen LogP contribution in [0.3, 0.4) is 0 Å². The van der Waals surface area contributed by atoms with Crippen molar-refractivity contribution in [2.75, 3.05) is 19.7 Å². The van der Waals surface area contributed by atoms with Gasteiger partial charge in [-0.05, 0) is 39.5 Å². The molecule has 0 spiro atoms. The number of piperidine rings is 1. The summed E-state index contributed by atoms with van der Waals surface area (Å²) in [5.41, 5.74) is -1.15. The summed E-state index contributed by atoms with van der Waals surface area (Å²) >= 11 is 0. The topological polar surface area (TPSA) is 95.9 Å². The predicted octanol–water partition coefficient (Wildman–Crippen LogP) is 1.37. The second-order valence-electron chi connectivity index (χ2n) is 5.33. The van der Waals surface area contributed by atoms with Gasteiger partial charge in [0.15, 0.2) is 0 Å². The summed E-state index contributed by atoms with van der Waals surface area (Å²) in [5.74, 6) is -1.27. The van der Waals surface area contributed by atoms with Crippen molar-refractivity contribution in [1.82, 2.24) is 10.2 Å². The minimum absolute atomic E-state index is 0.240. The van der Waals surface area contributed by atoms with Crippen molar-refractivity contribution in [3.8, 4) is 0 Å². The number of ether oxygens (including phenoxy) is 1. The van der Waals surface area contributed by atoms with E-state index in [1.54, 1.807) is 13.8 Å². The Kier molecular flexibility index (Phi) is 6.45. The van der Waals surface area contributed by atoms with E-state index in [0.717, 1.165) is 12.8 Å². The summed E-state index contributed by atoms with van der Waals surface area (Å²) in [6.07, 6.45) is 2.78. The van der Waals surface area contributed by atoms with E-state index in [4.69, 9.17) is 4.74 Å². The fourth-order valence-electron chi connectivity index (χ4n) is 2.43. The van der Waals surface area contributed by atoms with Gasteiger partial charge in [0.25, 0.3) is 0 Å². The normalized spacial score (nSPS) is 21.7. The molecule has 7 nitrogen and oxygen atoms in total. The van der Waals surface area contributed by atoms with E-state index in [0.29, 0.717) is 32.5 Å². The molecule has 0 aromatic heterocycles. The lowest BCUT2D eigenvalue weighted by Crippen LogP contribution is -2.60. The molecule has 1 aliphatic heterocycles. The van der Waals surface area contributed by atoms with Crippen LogP contribution in [0, 0.1) is 0 Å². The Balaban J connectivity index is 2.43. The molecule has 0 aliphatic carbocycles. The van der Waals surface area contributed by atoms with Crippen LogP contribution in [0.25, 0.3) is 0 Å². The molecule has 0 saturated carbocycles. The first-order valence-electron chi connectivity index (χ1n) is 7.36. The van der Waals surface area contributed by atoms with Gasteiger partial charge in [-0.25, -0.2) is 9.59 Å². The maximum Gasteiger partial charge on any atom is 0.329 e. The highest BCUT2D eigenvalue weighted by Gasteiger charge is 2.43. The highest BCUT2D eigenvalue weighted by Crippen LogP contribution is 2.28. The molecule has 1 fully saturated rings. The van der Waals surface area contributed by atoms with Crippen LogP contribution in [-0.4, -0.2) is 53.2 Å². The Morgan fingerprint density at radius 2 is 2.05 bits per heavy atom. The number of carbonyl (C=O) groups is 3. The number of aliphatic carboxylic acids is 1. The van der Waals surface area contributed by atoms with Gasteiger partial charge in [-0.15, -0.1) is 0 Å². The largest absolute Gasteiger partial charge is 0.480 e. The van der Waals surface area contributed by atoms with Crippen LogP contribution in [0.15, 0.2) is 0 Å². The molecule has 0 aromatic carbocycles. The van der Waals surface area contributed by atoms with E-state index in [1.165, 1.54) is 4.90 Å². The SMILES string of the molecule is CCOC(=O)CCCNC(=O)N1CCCCC1(C)C(=O)O. The van der Waals surface area contributed by atoms with Gasteiger partial charge >= 0.3 is 18.0 Å². The Labute approximate surface area is 124 Å². The molecule has 1 rings (SSSR count). The number of urea groups is 1. The van der Waals surface area contributed by atoms with Crippen molar-refractivity contribution >= 4 is 18.0 Å². The van der Waals surface area contributed by atoms with E-state index in [9.17, 15) is 19.5 Å². The number of hydrogen-bond acceptors (Lipinski definition) is 4. The third-order valence-corrected chi connectivity index (χ3v) is 3.74. The minimum Gasteiger partial charge on any atom is -0.480 e. The van der Waals surface area contributed by atoms with Crippen molar-refractivity contribution in [1.29, 1.82) is 0 Å². The molecular formula is C14H24N2O5. The van der Waals surface area contributed by atoms with Crippen LogP contribution in [0.4, 0.5) is 4.79 Å². The summed E-state index contributed by atoms with van der Waals surface area (Å²) in [4.78, 5) is 36.1. The second-order valence-corrected chi connectivity index (χ2v) is 5.33. The molecule has 1 aliphatic rings. The van der Waals surface area contributed by atoms with Gasteiger partial charge in [0.05, 0.1) is 6.61 Å². The molecule has 1 atom stereocenters. The number of nitrogens with zero attached hydrogens (tertiary/aromatic N) is 1. The first kappa shape index (κ1) is 17.3. The zero-order valence-electron chi connectivity index (χ0n) is 12.7. The van der Waals surface area contributed by atoms with Crippen molar-refractivity contribution in [3.05, 3.63) is 0 Å². The monoisotopic (exact) mass is 300 g/mol. The van der Waals surface area contributed by atoms with Crippen molar-refractivity contribution in [2.45, 2.75) is 51.5 Å². The Morgan fingerprint density at radius 1 is 1.33 bits per heavy atom. The summed E-state index contributed by atoms with van der Waals surface area (Å²) in [6.45, 7) is 4.42. The molecular weight excluding hydrogens is 276 g/mol. The molecule has 1 unspecified atom stereocenters. The number of carboxylic acids is 1. The standard InChI is InChI=1S/C14H24N2O5/c1-3-21-11(17)7-6-9-15-13(20)16-10-5-4-8-14(16,2)12(18)19/h3-10H2,1-2H3,(H,15,20)(H,18,19). The second kappa shape index (κ2) is 7.85. The van der Waals surface area contributed by atoms with Crippen molar-refractivity contribution in [3.63, 3.8) is 0 Å². The number of carboxylic acid groups (broad SMARTS) is 1. The van der Waals surface area contributed by atoms with E-state index in [1.807, 2.05) is 0 Å². The van der Waals surface area contributed by atoms with E-state index in [-0.39, 0.29) is 18.4 Å². The van der Waals surface area contributed by atoms with Gasteiger partial charge in [0, 0.05) is 19.5 Å². The van der Waals surface area contributed by atoms with Gasteiger partial charge in [0.2, 0.25) is 0 Å². The van der Waals surface area contributed by atoms with Crippen LogP contribution in [0.2, 0.25) is 0 Å². The first-order chi connectivity index (χ1) is 9.91. The number of esters is 1. The van der Waals surface area contributed by atoms with E-state index >= 15 is 0 Å². The Bertz CT molecular complexity index is 399. The third kappa shape index (κ3) is 4.61. The van der Waals surface area contributed by atoms with Crippen LogP contribution in [-0.2, 0) is 14.3 Å². The maximum atomic E-state index is 12.1. The molecule has 1 heterocycles. The summed E-state index contributed by atoms with van der Waals surface area (Å²) in [7, 11) is 0. The van der Waals surface area contributed by atoms with Gasteiger partial charge < -0.3 is 20.1 Å². The van der Waals surface area contributed by atoms with Crippen LogP contribution in [0.1, 0.15) is 46.0 Å². The Hall–Kier alpha value is -1.79. The molecule has 21 heavy (non-hydrogen) atoms. The van der Waals surface area contributed by atoms with Crippen molar-refractivity contribution < 1.29 is 24.2 Å². The first-order valence-corrected chi connectivity index (χ1v) is 7.36. The zero-order chi connectivity index (χ0) is 15.9. The Morgan fingerprint density at radius 3 is 2.67 bits per heavy atom. The number of nitrogens with one attached hydrogen (secondary N) is 1. The molecule has 0 bridgehead atoms. The lowest BCUT2D eigenvalue weighted by molar-refractivity contribution is -0.150. The van der Waals surface area contributed by atoms with Crippen LogP contribution >= 0.6 is 0 Å². The van der Waals surface area contributed by atoms with Crippen LogP contribution in [0.5, 0.6) is 0 Å². The number of likely N-dealkylation sites (tertiary alicyclic amines) is 1. The van der Waals surface area contributed by atoms with Gasteiger partial charge in [0.1, 0.15) is 5.54 Å². The number of carbonyl (C=O) groups excluding carboxylic acids is 2. The fourth-order valence-corrected chi connectivity index (χ4v) is 2.43. The third-order valence-electron chi connectivity index (χ3n) is 3.74. The average Bonchev–Trinajstić information content (AvgIpc) is 2.44. The number of amides is 2. The lowest BCUT2D eigenvalue weighted by atomic mass is 9.89. The van der Waals surface area contributed by atoms with Gasteiger partial charge in [-0.3, -0.25) is 4.79 Å². The molecule has 120 valence electrons. The smallest absolute Gasteiger partial charge is 0.329 e. The fraction of sp³-hybridized carbons (Fsp3) is 0.786. The summed E-state index contributed by atoms with van der Waals surface area (Å²) < 4.78 is 4.79.